The quantitative estimate of drug-likeness (QED) is 0.402. The van der Waals surface area contributed by atoms with Crippen LogP contribution in [0.15, 0.2) is 60.7 Å². The van der Waals surface area contributed by atoms with Crippen LogP contribution < -0.4 is 5.73 Å². The monoisotopic (exact) mass is 407 g/mol. The first kappa shape index (κ1) is 22.6. The zero-order valence-corrected chi connectivity index (χ0v) is 18.4. The first-order valence-electron chi connectivity index (χ1n) is 11.6. The molecule has 0 aliphatic heterocycles. The molecule has 3 heteroatoms. The molecule has 1 fully saturated rings. The van der Waals surface area contributed by atoms with Crippen molar-refractivity contribution in [2.24, 2.45) is 11.7 Å². The van der Waals surface area contributed by atoms with Crippen molar-refractivity contribution in [2.45, 2.75) is 76.2 Å². The number of ether oxygens (including phenoxy) is 1. The van der Waals surface area contributed by atoms with E-state index in [0.29, 0.717) is 18.9 Å². The third-order valence-corrected chi connectivity index (χ3v) is 6.65. The van der Waals surface area contributed by atoms with Crippen molar-refractivity contribution in [1.29, 1.82) is 0 Å². The highest BCUT2D eigenvalue weighted by Gasteiger charge is 2.48. The van der Waals surface area contributed by atoms with Crippen LogP contribution in [-0.4, -0.2) is 18.6 Å². The van der Waals surface area contributed by atoms with E-state index >= 15 is 0 Å². The predicted molar refractivity (Wildman–Crippen MR) is 123 cm³/mol. The number of rotatable bonds is 14. The number of hydrogen-bond donors (Lipinski definition) is 1. The van der Waals surface area contributed by atoms with Crippen molar-refractivity contribution >= 4 is 5.91 Å². The van der Waals surface area contributed by atoms with E-state index < -0.39 is 0 Å². The zero-order chi connectivity index (χ0) is 21.2. The van der Waals surface area contributed by atoms with Gasteiger partial charge in [0.2, 0.25) is 5.91 Å². The second-order valence-corrected chi connectivity index (χ2v) is 8.96. The molecule has 1 amide bonds. The molecule has 2 atom stereocenters. The van der Waals surface area contributed by atoms with Crippen molar-refractivity contribution in [3.63, 3.8) is 0 Å². The summed E-state index contributed by atoms with van der Waals surface area (Å²) in [5, 5.41) is 0. The molecule has 1 saturated carbocycles. The fourth-order valence-electron chi connectivity index (χ4n) is 4.62. The number of amides is 1. The highest BCUT2D eigenvalue weighted by atomic mass is 16.5. The normalized spacial score (nSPS) is 16.7. The molecular formula is C27H37NO2. The molecule has 2 aromatic rings. The molecule has 0 spiro atoms. The largest absolute Gasteiger partial charge is 0.377 e. The fraction of sp³-hybridized carbons (Fsp3) is 0.519. The third kappa shape index (κ3) is 6.43. The van der Waals surface area contributed by atoms with Crippen LogP contribution in [0.4, 0.5) is 0 Å². The first-order chi connectivity index (χ1) is 14.6. The van der Waals surface area contributed by atoms with Crippen LogP contribution in [0.1, 0.15) is 69.4 Å². The highest BCUT2D eigenvalue weighted by molar-refractivity contribution is 5.74. The van der Waals surface area contributed by atoms with E-state index in [4.69, 9.17) is 10.5 Å². The molecule has 0 saturated heterocycles. The summed E-state index contributed by atoms with van der Waals surface area (Å²) in [6.07, 6.45) is 9.63. The van der Waals surface area contributed by atoms with Gasteiger partial charge in [0.15, 0.2) is 0 Å². The van der Waals surface area contributed by atoms with Gasteiger partial charge in [0.05, 0.1) is 12.5 Å². The van der Waals surface area contributed by atoms with Crippen molar-refractivity contribution in [3.8, 4) is 0 Å². The van der Waals surface area contributed by atoms with E-state index in [9.17, 15) is 4.79 Å². The Kier molecular flexibility index (Phi) is 8.50. The Morgan fingerprint density at radius 1 is 0.967 bits per heavy atom. The topological polar surface area (TPSA) is 52.3 Å². The van der Waals surface area contributed by atoms with Crippen molar-refractivity contribution in [3.05, 3.63) is 71.8 Å². The number of nitrogens with two attached hydrogens (primary N) is 1. The molecule has 2 unspecified atom stereocenters. The molecule has 0 heterocycles. The maximum Gasteiger partial charge on any atom is 0.220 e. The Hall–Kier alpha value is -2.13. The molecule has 3 rings (SSSR count). The standard InChI is InChI=1S/C27H37NO2/c1-27(24-18-19-24,23-16-10-6-11-17-23)25(21-26(28)29)30-20-12-4-2-3-7-13-22-14-8-5-9-15-22/h5-6,8-11,14-17,24-25H,2-4,7,12-13,18-21H2,1H3,(H2,28,29). The van der Waals surface area contributed by atoms with Gasteiger partial charge in [-0.05, 0) is 49.1 Å². The van der Waals surface area contributed by atoms with E-state index in [1.54, 1.807) is 0 Å². The number of unbranched alkanes of at least 4 members (excludes halogenated alkanes) is 4. The lowest BCUT2D eigenvalue weighted by molar-refractivity contribution is -0.123. The maximum absolute atomic E-state index is 11.8. The average Bonchev–Trinajstić information content (AvgIpc) is 3.61. The van der Waals surface area contributed by atoms with Crippen LogP contribution in [0.5, 0.6) is 0 Å². The van der Waals surface area contributed by atoms with Gasteiger partial charge in [0.1, 0.15) is 0 Å². The number of benzene rings is 2. The molecule has 0 aromatic heterocycles. The van der Waals surface area contributed by atoms with E-state index in [2.05, 4.69) is 61.5 Å². The molecule has 2 aromatic carbocycles. The maximum atomic E-state index is 11.8. The van der Waals surface area contributed by atoms with Crippen LogP contribution >= 0.6 is 0 Å². The van der Waals surface area contributed by atoms with Crippen LogP contribution in [0.25, 0.3) is 0 Å². The van der Waals surface area contributed by atoms with E-state index in [1.165, 1.54) is 49.7 Å². The van der Waals surface area contributed by atoms with Gasteiger partial charge in [-0.1, -0.05) is 86.8 Å². The van der Waals surface area contributed by atoms with Crippen molar-refractivity contribution in [2.75, 3.05) is 6.61 Å². The highest BCUT2D eigenvalue weighted by Crippen LogP contribution is 2.50. The SMILES string of the molecule is CC(c1ccccc1)(C1CC1)C(CC(N)=O)OCCCCCCCc1ccccc1. The minimum atomic E-state index is -0.274. The summed E-state index contributed by atoms with van der Waals surface area (Å²) < 4.78 is 6.35. The van der Waals surface area contributed by atoms with Crippen LogP contribution in [0.3, 0.4) is 0 Å². The van der Waals surface area contributed by atoms with Crippen LogP contribution in [-0.2, 0) is 21.4 Å². The molecular weight excluding hydrogens is 370 g/mol. The summed E-state index contributed by atoms with van der Waals surface area (Å²) in [7, 11) is 0. The number of carbonyl (C=O) groups excluding carboxylic acids is 1. The predicted octanol–water partition coefficient (Wildman–Crippen LogP) is 5.81. The Morgan fingerprint density at radius 3 is 2.20 bits per heavy atom. The van der Waals surface area contributed by atoms with Gasteiger partial charge in [-0.15, -0.1) is 0 Å². The Balaban J connectivity index is 1.44. The van der Waals surface area contributed by atoms with Crippen LogP contribution in [0, 0.1) is 5.92 Å². The van der Waals surface area contributed by atoms with Crippen molar-refractivity contribution in [1.82, 2.24) is 0 Å². The van der Waals surface area contributed by atoms with E-state index in [0.717, 1.165) is 12.8 Å². The fourth-order valence-corrected chi connectivity index (χ4v) is 4.62. The van der Waals surface area contributed by atoms with Gasteiger partial charge >= 0.3 is 0 Å². The van der Waals surface area contributed by atoms with Crippen LogP contribution in [0.2, 0.25) is 0 Å². The smallest absolute Gasteiger partial charge is 0.220 e. The van der Waals surface area contributed by atoms with E-state index in [1.807, 2.05) is 6.07 Å². The van der Waals surface area contributed by atoms with Gasteiger partial charge in [0.25, 0.3) is 0 Å². The second kappa shape index (κ2) is 11.3. The summed E-state index contributed by atoms with van der Waals surface area (Å²) in [6.45, 7) is 2.96. The summed E-state index contributed by atoms with van der Waals surface area (Å²) in [6, 6.07) is 21.2. The van der Waals surface area contributed by atoms with Gasteiger partial charge in [0, 0.05) is 12.0 Å². The molecule has 2 N–H and O–H groups in total. The summed E-state index contributed by atoms with van der Waals surface area (Å²) in [5.74, 6) is 0.297. The number of primary amides is 1. The Labute approximate surface area is 182 Å². The second-order valence-electron chi connectivity index (χ2n) is 8.96. The Bertz CT molecular complexity index is 757. The average molecular weight is 408 g/mol. The lowest BCUT2D eigenvalue weighted by Gasteiger charge is -2.38. The van der Waals surface area contributed by atoms with Gasteiger partial charge in [-0.25, -0.2) is 0 Å². The van der Waals surface area contributed by atoms with Crippen molar-refractivity contribution < 1.29 is 9.53 Å². The molecule has 3 nitrogen and oxygen atoms in total. The van der Waals surface area contributed by atoms with Gasteiger partial charge < -0.3 is 10.5 Å². The Morgan fingerprint density at radius 2 is 1.57 bits per heavy atom. The summed E-state index contributed by atoms with van der Waals surface area (Å²) in [4.78, 5) is 11.8. The molecule has 30 heavy (non-hydrogen) atoms. The van der Waals surface area contributed by atoms with Gasteiger partial charge in [-0.3, -0.25) is 4.79 Å². The molecule has 1 aliphatic carbocycles. The molecule has 1 aliphatic rings. The number of hydrogen-bond acceptors (Lipinski definition) is 2. The first-order valence-corrected chi connectivity index (χ1v) is 11.6. The minimum absolute atomic E-state index is 0.147. The van der Waals surface area contributed by atoms with E-state index in [-0.39, 0.29) is 17.4 Å². The lowest BCUT2D eigenvalue weighted by Crippen LogP contribution is -2.43. The molecule has 0 radical (unpaired) electrons. The van der Waals surface area contributed by atoms with Gasteiger partial charge in [-0.2, -0.15) is 0 Å². The lowest BCUT2D eigenvalue weighted by atomic mass is 9.72. The summed E-state index contributed by atoms with van der Waals surface area (Å²) in [5.41, 5.74) is 8.15. The minimum Gasteiger partial charge on any atom is -0.377 e. The molecule has 0 bridgehead atoms. The number of carbonyl (C=O) groups is 1. The number of aryl methyl sites for hydroxylation is 1. The molecule has 162 valence electrons. The third-order valence-electron chi connectivity index (χ3n) is 6.65. The zero-order valence-electron chi connectivity index (χ0n) is 18.4. The summed E-state index contributed by atoms with van der Waals surface area (Å²) >= 11 is 0.